The first-order chi connectivity index (χ1) is 11.4. The predicted octanol–water partition coefficient (Wildman–Crippen LogP) is 4.65. The van der Waals surface area contributed by atoms with Gasteiger partial charge < -0.3 is 10.1 Å². The Labute approximate surface area is 145 Å². The number of aryl methyl sites for hydroxylation is 3. The third kappa shape index (κ3) is 4.60. The molecule has 0 aliphatic rings. The van der Waals surface area contributed by atoms with Gasteiger partial charge >= 0.3 is 0 Å². The van der Waals surface area contributed by atoms with Crippen LogP contribution in [0, 0.1) is 20.8 Å². The van der Waals surface area contributed by atoms with E-state index in [1.165, 1.54) is 11.1 Å². The molecule has 0 aliphatic heterocycles. The second-order valence-corrected chi connectivity index (χ2v) is 6.41. The van der Waals surface area contributed by atoms with E-state index in [-0.39, 0.29) is 11.9 Å². The molecule has 0 heterocycles. The van der Waals surface area contributed by atoms with E-state index in [1.54, 1.807) is 6.92 Å². The van der Waals surface area contributed by atoms with E-state index in [9.17, 15) is 4.79 Å². The molecule has 0 radical (unpaired) electrons. The molecule has 0 fully saturated rings. The maximum atomic E-state index is 12.5. The average molecular weight is 325 g/mol. The van der Waals surface area contributed by atoms with E-state index >= 15 is 0 Å². The van der Waals surface area contributed by atoms with Crippen molar-refractivity contribution in [3.63, 3.8) is 0 Å². The van der Waals surface area contributed by atoms with Gasteiger partial charge in [0, 0.05) is 0 Å². The lowest BCUT2D eigenvalue weighted by atomic mass is 10.0. The summed E-state index contributed by atoms with van der Waals surface area (Å²) in [6.07, 6.45) is 0.302. The van der Waals surface area contributed by atoms with Crippen molar-refractivity contribution < 1.29 is 9.53 Å². The number of hydrogen-bond acceptors (Lipinski definition) is 2. The van der Waals surface area contributed by atoms with Crippen LogP contribution in [-0.2, 0) is 4.79 Å². The Hall–Kier alpha value is -2.29. The summed E-state index contributed by atoms with van der Waals surface area (Å²) in [7, 11) is 0. The summed E-state index contributed by atoms with van der Waals surface area (Å²) in [5, 5.41) is 3.09. The highest BCUT2D eigenvalue weighted by Crippen LogP contribution is 2.21. The lowest BCUT2D eigenvalue weighted by Gasteiger charge is -2.22. The molecule has 24 heavy (non-hydrogen) atoms. The van der Waals surface area contributed by atoms with Gasteiger partial charge in [0.15, 0.2) is 6.10 Å². The average Bonchev–Trinajstić information content (AvgIpc) is 2.55. The summed E-state index contributed by atoms with van der Waals surface area (Å²) in [6, 6.07) is 14.3. The Kier molecular flexibility index (Phi) is 6.02. The number of benzene rings is 2. The molecule has 0 unspecified atom stereocenters. The zero-order valence-electron chi connectivity index (χ0n) is 15.2. The quantitative estimate of drug-likeness (QED) is 0.840. The number of carbonyl (C=O) groups is 1. The molecule has 0 aliphatic carbocycles. The van der Waals surface area contributed by atoms with Crippen LogP contribution in [0.5, 0.6) is 5.75 Å². The van der Waals surface area contributed by atoms with E-state index in [4.69, 9.17) is 4.74 Å². The van der Waals surface area contributed by atoms with E-state index in [2.05, 4.69) is 49.5 Å². The fourth-order valence-electron chi connectivity index (χ4n) is 2.68. The third-order valence-corrected chi connectivity index (χ3v) is 4.21. The molecule has 0 spiro atoms. The number of hydrogen-bond donors (Lipinski definition) is 1. The molecule has 1 N–H and O–H groups in total. The van der Waals surface area contributed by atoms with Crippen LogP contribution in [0.3, 0.4) is 0 Å². The molecule has 2 rings (SSSR count). The monoisotopic (exact) mass is 325 g/mol. The summed E-state index contributed by atoms with van der Waals surface area (Å²) < 4.78 is 5.85. The molecule has 128 valence electrons. The first kappa shape index (κ1) is 18.1. The number of carbonyl (C=O) groups excluding carboxylic acids is 1. The molecule has 3 heteroatoms. The third-order valence-electron chi connectivity index (χ3n) is 4.21. The van der Waals surface area contributed by atoms with Gasteiger partial charge in [0.05, 0.1) is 6.04 Å². The van der Waals surface area contributed by atoms with Crippen LogP contribution in [0.25, 0.3) is 0 Å². The van der Waals surface area contributed by atoms with Crippen molar-refractivity contribution in [1.82, 2.24) is 5.32 Å². The smallest absolute Gasteiger partial charge is 0.261 e. The molecule has 0 saturated carbocycles. The Morgan fingerprint density at radius 3 is 2.25 bits per heavy atom. The van der Waals surface area contributed by atoms with Gasteiger partial charge in [-0.25, -0.2) is 0 Å². The van der Waals surface area contributed by atoms with E-state index in [0.29, 0.717) is 0 Å². The second-order valence-electron chi connectivity index (χ2n) is 6.41. The number of nitrogens with one attached hydrogen (secondary N) is 1. The second kappa shape index (κ2) is 8.00. The highest BCUT2D eigenvalue weighted by atomic mass is 16.5. The lowest BCUT2D eigenvalue weighted by Crippen LogP contribution is -2.38. The Morgan fingerprint density at radius 1 is 1.04 bits per heavy atom. The minimum atomic E-state index is -0.536. The molecule has 1 amide bonds. The van der Waals surface area contributed by atoms with Gasteiger partial charge in [-0.05, 0) is 51.3 Å². The van der Waals surface area contributed by atoms with Gasteiger partial charge in [-0.3, -0.25) is 4.79 Å². The van der Waals surface area contributed by atoms with E-state index < -0.39 is 6.10 Å². The number of rotatable bonds is 6. The standard InChI is InChI=1S/C21H27NO2/c1-6-19(18-10-7-14(2)8-11-18)22-21(23)17(5)24-20-12-9-15(3)13-16(20)4/h7-13,17,19H,6H2,1-5H3,(H,22,23)/t17-,19-/m1/s1. The van der Waals surface area contributed by atoms with E-state index in [1.807, 2.05) is 26.0 Å². The topological polar surface area (TPSA) is 38.3 Å². The van der Waals surface area contributed by atoms with Crippen molar-refractivity contribution in [1.29, 1.82) is 0 Å². The number of ether oxygens (including phenoxy) is 1. The molecule has 0 bridgehead atoms. The maximum Gasteiger partial charge on any atom is 0.261 e. The summed E-state index contributed by atoms with van der Waals surface area (Å²) in [4.78, 5) is 12.5. The summed E-state index contributed by atoms with van der Waals surface area (Å²) in [5.74, 6) is 0.661. The highest BCUT2D eigenvalue weighted by molar-refractivity contribution is 5.81. The fraction of sp³-hybridized carbons (Fsp3) is 0.381. The van der Waals surface area contributed by atoms with Crippen LogP contribution < -0.4 is 10.1 Å². The maximum absolute atomic E-state index is 12.5. The van der Waals surface area contributed by atoms with Crippen molar-refractivity contribution in [2.45, 2.75) is 53.2 Å². The van der Waals surface area contributed by atoms with Gasteiger partial charge in [-0.1, -0.05) is 54.4 Å². The normalized spacial score (nSPS) is 13.2. The van der Waals surface area contributed by atoms with Crippen molar-refractivity contribution in [2.75, 3.05) is 0 Å². The van der Waals surface area contributed by atoms with Crippen LogP contribution in [0.4, 0.5) is 0 Å². The predicted molar refractivity (Wildman–Crippen MR) is 98.4 cm³/mol. The first-order valence-corrected chi connectivity index (χ1v) is 8.51. The number of amides is 1. The van der Waals surface area contributed by atoms with Gasteiger partial charge in [0.1, 0.15) is 5.75 Å². The minimum Gasteiger partial charge on any atom is -0.481 e. The molecule has 0 aromatic heterocycles. The van der Waals surface area contributed by atoms with Crippen molar-refractivity contribution >= 4 is 5.91 Å². The molecule has 2 aromatic rings. The lowest BCUT2D eigenvalue weighted by molar-refractivity contribution is -0.128. The summed E-state index contributed by atoms with van der Waals surface area (Å²) in [5.41, 5.74) is 4.56. The Balaban J connectivity index is 2.02. The molecule has 3 nitrogen and oxygen atoms in total. The highest BCUT2D eigenvalue weighted by Gasteiger charge is 2.19. The minimum absolute atomic E-state index is 0.00302. The van der Waals surface area contributed by atoms with Crippen molar-refractivity contribution in [2.24, 2.45) is 0 Å². The van der Waals surface area contributed by atoms with Crippen LogP contribution in [-0.4, -0.2) is 12.0 Å². The molecular weight excluding hydrogens is 298 g/mol. The van der Waals surface area contributed by atoms with Crippen LogP contribution >= 0.6 is 0 Å². The zero-order chi connectivity index (χ0) is 17.7. The molecular formula is C21H27NO2. The van der Waals surface area contributed by atoms with Crippen LogP contribution in [0.15, 0.2) is 42.5 Å². The summed E-state index contributed by atoms with van der Waals surface area (Å²) in [6.45, 7) is 9.95. The van der Waals surface area contributed by atoms with Gasteiger partial charge in [-0.15, -0.1) is 0 Å². The van der Waals surface area contributed by atoms with Gasteiger partial charge in [0.25, 0.3) is 5.91 Å². The van der Waals surface area contributed by atoms with Crippen LogP contribution in [0.2, 0.25) is 0 Å². The largest absolute Gasteiger partial charge is 0.481 e. The first-order valence-electron chi connectivity index (χ1n) is 8.51. The zero-order valence-corrected chi connectivity index (χ0v) is 15.2. The van der Waals surface area contributed by atoms with Gasteiger partial charge in [-0.2, -0.15) is 0 Å². The van der Waals surface area contributed by atoms with Crippen LogP contribution in [0.1, 0.15) is 48.6 Å². The Morgan fingerprint density at radius 2 is 1.67 bits per heavy atom. The van der Waals surface area contributed by atoms with Gasteiger partial charge in [0.2, 0.25) is 0 Å². The van der Waals surface area contributed by atoms with Crippen molar-refractivity contribution in [3.05, 3.63) is 64.7 Å². The molecule has 2 atom stereocenters. The Bertz CT molecular complexity index is 691. The van der Waals surface area contributed by atoms with E-state index in [0.717, 1.165) is 23.3 Å². The fourth-order valence-corrected chi connectivity index (χ4v) is 2.68. The molecule has 0 saturated heterocycles. The van der Waals surface area contributed by atoms with Crippen molar-refractivity contribution in [3.8, 4) is 5.75 Å². The SMILES string of the molecule is CC[C@@H](NC(=O)[C@@H](C)Oc1ccc(C)cc1C)c1ccc(C)cc1. The molecule has 2 aromatic carbocycles. The summed E-state index contributed by atoms with van der Waals surface area (Å²) >= 11 is 0.